The molecule has 1 aromatic carbocycles. The van der Waals surface area contributed by atoms with Gasteiger partial charge < -0.3 is 10.1 Å². The lowest BCUT2D eigenvalue weighted by molar-refractivity contribution is -0.384. The minimum absolute atomic E-state index is 0.0681. The highest BCUT2D eigenvalue weighted by atomic mass is 32.1. The zero-order chi connectivity index (χ0) is 18.5. The van der Waals surface area contributed by atoms with Gasteiger partial charge in [-0.25, -0.2) is 4.68 Å². The van der Waals surface area contributed by atoms with Gasteiger partial charge in [0.15, 0.2) is 0 Å². The SMILES string of the molecule is COCCNC(=O)c1cc(-c2cccs2)nn1-c1cccc([N+](=O)[O-])c1. The lowest BCUT2D eigenvalue weighted by Crippen LogP contribution is -2.28. The van der Waals surface area contributed by atoms with E-state index in [4.69, 9.17) is 4.74 Å². The number of nitrogens with zero attached hydrogens (tertiary/aromatic N) is 3. The molecule has 0 radical (unpaired) electrons. The van der Waals surface area contributed by atoms with E-state index in [9.17, 15) is 14.9 Å². The normalized spacial score (nSPS) is 10.7. The fourth-order valence-corrected chi connectivity index (χ4v) is 3.06. The molecule has 134 valence electrons. The molecule has 0 spiro atoms. The van der Waals surface area contributed by atoms with Gasteiger partial charge in [-0.05, 0) is 23.6 Å². The van der Waals surface area contributed by atoms with Crippen molar-refractivity contribution in [3.8, 4) is 16.3 Å². The van der Waals surface area contributed by atoms with Crippen molar-refractivity contribution in [2.45, 2.75) is 0 Å². The fraction of sp³-hybridized carbons (Fsp3) is 0.176. The Bertz CT molecular complexity index is 921. The van der Waals surface area contributed by atoms with Crippen molar-refractivity contribution in [2.75, 3.05) is 20.3 Å². The van der Waals surface area contributed by atoms with Crippen LogP contribution in [0, 0.1) is 10.1 Å². The Hall–Kier alpha value is -3.04. The summed E-state index contributed by atoms with van der Waals surface area (Å²) in [7, 11) is 1.55. The zero-order valence-corrected chi connectivity index (χ0v) is 14.7. The van der Waals surface area contributed by atoms with Gasteiger partial charge in [-0.15, -0.1) is 11.3 Å². The van der Waals surface area contributed by atoms with Gasteiger partial charge in [-0.2, -0.15) is 5.10 Å². The lowest BCUT2D eigenvalue weighted by atomic mass is 10.2. The number of ether oxygens (including phenoxy) is 1. The molecule has 0 fully saturated rings. The third-order valence-corrected chi connectivity index (χ3v) is 4.48. The molecular weight excluding hydrogens is 356 g/mol. The predicted molar refractivity (Wildman–Crippen MR) is 97.7 cm³/mol. The number of carbonyl (C=O) groups excluding carboxylic acids is 1. The minimum atomic E-state index is -0.481. The van der Waals surface area contributed by atoms with Gasteiger partial charge in [0.25, 0.3) is 11.6 Å². The van der Waals surface area contributed by atoms with Crippen LogP contribution in [-0.2, 0) is 4.74 Å². The first-order chi connectivity index (χ1) is 12.6. The van der Waals surface area contributed by atoms with Crippen LogP contribution in [0.25, 0.3) is 16.3 Å². The summed E-state index contributed by atoms with van der Waals surface area (Å²) in [6.45, 7) is 0.734. The molecule has 3 rings (SSSR count). The molecule has 0 saturated carbocycles. The smallest absolute Gasteiger partial charge is 0.271 e. The number of nitro benzene ring substituents is 1. The van der Waals surface area contributed by atoms with Crippen LogP contribution in [-0.4, -0.2) is 40.9 Å². The Kier molecular flexibility index (Phi) is 5.40. The molecule has 0 aliphatic rings. The van der Waals surface area contributed by atoms with Crippen molar-refractivity contribution in [1.82, 2.24) is 15.1 Å². The first-order valence-corrected chi connectivity index (χ1v) is 8.64. The topological polar surface area (TPSA) is 99.3 Å². The van der Waals surface area contributed by atoms with E-state index in [0.29, 0.717) is 30.2 Å². The maximum atomic E-state index is 12.6. The third-order valence-electron chi connectivity index (χ3n) is 3.59. The molecule has 0 bridgehead atoms. The summed E-state index contributed by atoms with van der Waals surface area (Å²) in [5.41, 5.74) is 1.30. The third kappa shape index (κ3) is 3.79. The first kappa shape index (κ1) is 17.8. The number of rotatable bonds is 7. The van der Waals surface area contributed by atoms with Gasteiger partial charge in [0.2, 0.25) is 0 Å². The second kappa shape index (κ2) is 7.89. The highest BCUT2D eigenvalue weighted by Gasteiger charge is 2.19. The number of non-ortho nitro benzene ring substituents is 1. The number of hydrogen-bond donors (Lipinski definition) is 1. The summed E-state index contributed by atoms with van der Waals surface area (Å²) >= 11 is 1.50. The van der Waals surface area contributed by atoms with E-state index in [1.807, 2.05) is 17.5 Å². The maximum absolute atomic E-state index is 12.6. The lowest BCUT2D eigenvalue weighted by Gasteiger charge is -2.08. The van der Waals surface area contributed by atoms with Crippen molar-refractivity contribution < 1.29 is 14.5 Å². The number of nitrogens with one attached hydrogen (secondary N) is 1. The van der Waals surface area contributed by atoms with Crippen LogP contribution < -0.4 is 5.32 Å². The van der Waals surface area contributed by atoms with Crippen molar-refractivity contribution in [3.63, 3.8) is 0 Å². The molecule has 9 heteroatoms. The summed E-state index contributed by atoms with van der Waals surface area (Å²) in [5.74, 6) is -0.330. The van der Waals surface area contributed by atoms with Crippen LogP contribution in [0.15, 0.2) is 47.8 Å². The van der Waals surface area contributed by atoms with Crippen LogP contribution in [0.2, 0.25) is 0 Å². The summed E-state index contributed by atoms with van der Waals surface area (Å²) in [4.78, 5) is 24.0. The highest BCUT2D eigenvalue weighted by Crippen LogP contribution is 2.26. The van der Waals surface area contributed by atoms with Crippen LogP contribution >= 0.6 is 11.3 Å². The van der Waals surface area contributed by atoms with Crippen LogP contribution in [0.1, 0.15) is 10.5 Å². The second-order valence-electron chi connectivity index (χ2n) is 5.33. The monoisotopic (exact) mass is 372 g/mol. The standard InChI is InChI=1S/C17H16N4O4S/c1-25-8-7-18-17(22)15-11-14(16-6-3-9-26-16)19-20(15)12-4-2-5-13(10-12)21(23)24/h2-6,9-11H,7-8H2,1H3,(H,18,22). The summed E-state index contributed by atoms with van der Waals surface area (Å²) < 4.78 is 6.36. The molecule has 0 aliphatic carbocycles. The summed E-state index contributed by atoms with van der Waals surface area (Å²) in [6, 6.07) is 11.5. The summed E-state index contributed by atoms with van der Waals surface area (Å²) in [5, 5.41) is 20.2. The quantitative estimate of drug-likeness (QED) is 0.390. The summed E-state index contributed by atoms with van der Waals surface area (Å²) in [6.07, 6.45) is 0. The Balaban J connectivity index is 2.03. The molecule has 0 unspecified atom stereocenters. The van der Waals surface area contributed by atoms with Gasteiger partial charge in [-0.3, -0.25) is 14.9 Å². The average molecular weight is 372 g/mol. The average Bonchev–Trinajstić information content (AvgIpc) is 3.31. The molecule has 0 saturated heterocycles. The van der Waals surface area contributed by atoms with E-state index in [1.165, 1.54) is 28.2 Å². The number of amides is 1. The zero-order valence-electron chi connectivity index (χ0n) is 13.9. The molecule has 2 heterocycles. The fourth-order valence-electron chi connectivity index (χ4n) is 2.38. The van der Waals surface area contributed by atoms with Crippen molar-refractivity contribution in [3.05, 3.63) is 63.7 Å². The second-order valence-corrected chi connectivity index (χ2v) is 6.28. The molecular formula is C17H16N4O4S. The maximum Gasteiger partial charge on any atom is 0.271 e. The highest BCUT2D eigenvalue weighted by molar-refractivity contribution is 7.13. The predicted octanol–water partition coefficient (Wildman–Crippen LogP) is 2.89. The number of aromatic nitrogens is 2. The molecule has 1 N–H and O–H groups in total. The van der Waals surface area contributed by atoms with Crippen LogP contribution in [0.5, 0.6) is 0 Å². The van der Waals surface area contributed by atoms with Gasteiger partial charge >= 0.3 is 0 Å². The Morgan fingerprint density at radius 1 is 1.35 bits per heavy atom. The van der Waals surface area contributed by atoms with Crippen molar-refractivity contribution in [1.29, 1.82) is 0 Å². The largest absolute Gasteiger partial charge is 0.383 e. The molecule has 1 amide bonds. The first-order valence-electron chi connectivity index (χ1n) is 7.76. The number of benzene rings is 1. The van der Waals surface area contributed by atoms with Gasteiger partial charge in [0, 0.05) is 25.8 Å². The number of thiophene rings is 1. The molecule has 3 aromatic rings. The van der Waals surface area contributed by atoms with Gasteiger partial charge in [0.1, 0.15) is 11.4 Å². The minimum Gasteiger partial charge on any atom is -0.383 e. The van der Waals surface area contributed by atoms with Crippen molar-refractivity contribution >= 4 is 22.9 Å². The van der Waals surface area contributed by atoms with Gasteiger partial charge in [0.05, 0.1) is 22.1 Å². The van der Waals surface area contributed by atoms with E-state index in [2.05, 4.69) is 10.4 Å². The van der Waals surface area contributed by atoms with E-state index in [1.54, 1.807) is 25.3 Å². The number of methoxy groups -OCH3 is 1. The van der Waals surface area contributed by atoms with E-state index in [-0.39, 0.29) is 11.6 Å². The number of carbonyl (C=O) groups is 1. The van der Waals surface area contributed by atoms with Crippen molar-refractivity contribution in [2.24, 2.45) is 0 Å². The van der Waals surface area contributed by atoms with E-state index >= 15 is 0 Å². The molecule has 8 nitrogen and oxygen atoms in total. The Morgan fingerprint density at radius 3 is 2.88 bits per heavy atom. The molecule has 0 aliphatic heterocycles. The molecule has 26 heavy (non-hydrogen) atoms. The molecule has 0 atom stereocenters. The van der Waals surface area contributed by atoms with Gasteiger partial charge in [-0.1, -0.05) is 12.1 Å². The number of nitro groups is 1. The van der Waals surface area contributed by atoms with E-state index < -0.39 is 4.92 Å². The Morgan fingerprint density at radius 2 is 2.19 bits per heavy atom. The van der Waals surface area contributed by atoms with Crippen LogP contribution in [0.4, 0.5) is 5.69 Å². The van der Waals surface area contributed by atoms with E-state index in [0.717, 1.165) is 4.88 Å². The molecule has 2 aromatic heterocycles. The van der Waals surface area contributed by atoms with Crippen LogP contribution in [0.3, 0.4) is 0 Å². The Labute approximate surface area is 153 Å². The number of hydrogen-bond acceptors (Lipinski definition) is 6.